The van der Waals surface area contributed by atoms with Gasteiger partial charge in [0.25, 0.3) is 0 Å². The molecule has 0 aliphatic heterocycles. The molecule has 0 bridgehead atoms. The molecule has 0 saturated carbocycles. The first-order valence-corrected chi connectivity index (χ1v) is 12.8. The van der Waals surface area contributed by atoms with Crippen LogP contribution < -0.4 is 0 Å². The number of hydrogen-bond acceptors (Lipinski definition) is 4. The first kappa shape index (κ1) is 28.3. The smallest absolute Gasteiger partial charge is 0.377 e. The number of fused-ring (bicyclic) bond motifs is 2. The third-order valence-corrected chi connectivity index (χ3v) is 7.38. The standard InChI is InChI=1S/C31H19F7N4O/c32-26-9-10-27(28(33)15-26)29(43,16-42-17-39-40-41-42)30(34,35)25-8-5-21-11-20-2-1-19(12-22(20)13-23(21)14-25)18-3-6-24(7-4-18)31(36,37)38/h1-15,17,43H,16H2. The molecule has 218 valence electrons. The van der Waals surface area contributed by atoms with E-state index in [-0.39, 0.29) is 0 Å². The maximum absolute atomic E-state index is 16.3. The van der Waals surface area contributed by atoms with E-state index in [4.69, 9.17) is 0 Å². The number of rotatable bonds is 6. The summed E-state index contributed by atoms with van der Waals surface area (Å²) in [6, 6.07) is 18.9. The molecule has 1 heterocycles. The fourth-order valence-electron chi connectivity index (χ4n) is 5.13. The van der Waals surface area contributed by atoms with Crippen LogP contribution in [0.25, 0.3) is 32.7 Å². The Kier molecular flexibility index (Phi) is 6.68. The van der Waals surface area contributed by atoms with Crippen molar-refractivity contribution in [1.29, 1.82) is 0 Å². The van der Waals surface area contributed by atoms with Gasteiger partial charge in [0.1, 0.15) is 18.0 Å². The van der Waals surface area contributed by atoms with Crippen LogP contribution in [-0.2, 0) is 24.2 Å². The van der Waals surface area contributed by atoms with Crippen molar-refractivity contribution in [2.24, 2.45) is 0 Å². The van der Waals surface area contributed by atoms with Gasteiger partial charge in [0.05, 0.1) is 12.1 Å². The zero-order chi connectivity index (χ0) is 30.6. The zero-order valence-corrected chi connectivity index (χ0v) is 21.8. The van der Waals surface area contributed by atoms with Gasteiger partial charge in [0, 0.05) is 17.2 Å². The number of alkyl halides is 5. The fourth-order valence-corrected chi connectivity index (χ4v) is 5.13. The fraction of sp³-hybridized carbons (Fsp3) is 0.129. The monoisotopic (exact) mass is 596 g/mol. The Morgan fingerprint density at radius 1 is 0.651 bits per heavy atom. The minimum absolute atomic E-state index is 0.360. The quantitative estimate of drug-likeness (QED) is 0.159. The number of benzene rings is 5. The summed E-state index contributed by atoms with van der Waals surface area (Å²) in [6.45, 7) is -0.957. The predicted octanol–water partition coefficient (Wildman–Crippen LogP) is 7.62. The lowest BCUT2D eigenvalue weighted by atomic mass is 9.82. The topological polar surface area (TPSA) is 63.8 Å². The van der Waals surface area contributed by atoms with E-state index in [1.807, 2.05) is 0 Å². The Morgan fingerprint density at radius 3 is 1.93 bits per heavy atom. The van der Waals surface area contributed by atoms with Crippen LogP contribution in [0.1, 0.15) is 16.7 Å². The van der Waals surface area contributed by atoms with Crippen molar-refractivity contribution in [3.05, 3.63) is 126 Å². The molecule has 12 heteroatoms. The first-order valence-electron chi connectivity index (χ1n) is 12.8. The molecule has 1 N–H and O–H groups in total. The molecule has 6 aromatic rings. The number of halogens is 7. The lowest BCUT2D eigenvalue weighted by Gasteiger charge is -2.36. The van der Waals surface area contributed by atoms with Crippen molar-refractivity contribution in [2.75, 3.05) is 0 Å². The van der Waals surface area contributed by atoms with Gasteiger partial charge in [-0.3, -0.25) is 0 Å². The second kappa shape index (κ2) is 10.2. The zero-order valence-electron chi connectivity index (χ0n) is 21.8. The molecule has 0 fully saturated rings. The highest BCUT2D eigenvalue weighted by molar-refractivity contribution is 6.00. The van der Waals surface area contributed by atoms with Crippen molar-refractivity contribution in [3.8, 4) is 11.1 Å². The highest BCUT2D eigenvalue weighted by Crippen LogP contribution is 2.48. The van der Waals surface area contributed by atoms with E-state index in [9.17, 15) is 27.1 Å². The molecule has 43 heavy (non-hydrogen) atoms. The summed E-state index contributed by atoms with van der Waals surface area (Å²) in [7, 11) is 0. The number of hydrogen-bond donors (Lipinski definition) is 1. The van der Waals surface area contributed by atoms with Gasteiger partial charge in [-0.05, 0) is 91.6 Å². The molecule has 0 aliphatic carbocycles. The minimum Gasteiger partial charge on any atom is -0.377 e. The SMILES string of the molecule is OC(Cn1cnnn1)(c1ccc(F)cc1F)C(F)(F)c1ccc2cc3ccc(-c4ccc(C(F)(F)F)cc4)cc3cc2c1. The Balaban J connectivity index is 1.44. The molecule has 6 rings (SSSR count). The van der Waals surface area contributed by atoms with Gasteiger partial charge in [-0.1, -0.05) is 36.4 Å². The van der Waals surface area contributed by atoms with Gasteiger partial charge in [-0.25, -0.2) is 13.5 Å². The Morgan fingerprint density at radius 2 is 1.28 bits per heavy atom. The van der Waals surface area contributed by atoms with Gasteiger partial charge in [0.15, 0.2) is 5.60 Å². The normalized spacial score (nSPS) is 13.9. The van der Waals surface area contributed by atoms with Crippen LogP contribution in [-0.4, -0.2) is 25.3 Å². The summed E-state index contributed by atoms with van der Waals surface area (Å²) < 4.78 is 101. The van der Waals surface area contributed by atoms with E-state index in [1.54, 1.807) is 30.3 Å². The lowest BCUT2D eigenvalue weighted by Crippen LogP contribution is -2.47. The molecule has 1 atom stereocenters. The van der Waals surface area contributed by atoms with E-state index in [1.165, 1.54) is 18.2 Å². The van der Waals surface area contributed by atoms with Gasteiger partial charge in [0.2, 0.25) is 0 Å². The average Bonchev–Trinajstić information content (AvgIpc) is 3.47. The van der Waals surface area contributed by atoms with E-state index in [2.05, 4.69) is 15.5 Å². The van der Waals surface area contributed by atoms with Crippen LogP contribution in [0, 0.1) is 11.6 Å². The van der Waals surface area contributed by atoms with Crippen molar-refractivity contribution >= 4 is 21.5 Å². The summed E-state index contributed by atoms with van der Waals surface area (Å²) in [6.07, 6.45) is -3.50. The summed E-state index contributed by atoms with van der Waals surface area (Å²) in [5.74, 6) is -6.52. The van der Waals surface area contributed by atoms with Gasteiger partial charge in [-0.2, -0.15) is 22.0 Å². The van der Waals surface area contributed by atoms with Crippen LogP contribution in [0.2, 0.25) is 0 Å². The number of nitrogens with zero attached hydrogens (tertiary/aromatic N) is 4. The molecular weight excluding hydrogens is 577 g/mol. The van der Waals surface area contributed by atoms with Crippen LogP contribution >= 0.6 is 0 Å². The number of tetrazole rings is 1. The molecule has 5 aromatic carbocycles. The van der Waals surface area contributed by atoms with Crippen molar-refractivity contribution in [1.82, 2.24) is 20.2 Å². The van der Waals surface area contributed by atoms with E-state index < -0.39 is 52.6 Å². The second-order valence-corrected chi connectivity index (χ2v) is 10.1. The van der Waals surface area contributed by atoms with E-state index in [0.717, 1.165) is 52.8 Å². The Hall–Kier alpha value is -4.84. The highest BCUT2D eigenvalue weighted by atomic mass is 19.4. The number of aromatic nitrogens is 4. The van der Waals surface area contributed by atoms with Crippen molar-refractivity contribution in [2.45, 2.75) is 24.2 Å². The molecule has 0 amide bonds. The van der Waals surface area contributed by atoms with Crippen LogP contribution in [0.4, 0.5) is 30.7 Å². The molecule has 5 nitrogen and oxygen atoms in total. The average molecular weight is 597 g/mol. The molecule has 1 unspecified atom stereocenters. The number of aliphatic hydroxyl groups is 1. The largest absolute Gasteiger partial charge is 0.416 e. The summed E-state index contributed by atoms with van der Waals surface area (Å²) in [5.41, 5.74) is -4.38. The third kappa shape index (κ3) is 5.07. The predicted molar refractivity (Wildman–Crippen MR) is 144 cm³/mol. The summed E-state index contributed by atoms with van der Waals surface area (Å²) in [4.78, 5) is 0. The van der Waals surface area contributed by atoms with E-state index >= 15 is 8.78 Å². The van der Waals surface area contributed by atoms with Gasteiger partial charge >= 0.3 is 12.1 Å². The Bertz CT molecular complexity index is 1960. The molecule has 0 saturated heterocycles. The Labute approximate surface area is 238 Å². The maximum atomic E-state index is 16.3. The maximum Gasteiger partial charge on any atom is 0.416 e. The van der Waals surface area contributed by atoms with E-state index in [0.29, 0.717) is 33.4 Å². The second-order valence-electron chi connectivity index (χ2n) is 10.1. The van der Waals surface area contributed by atoms with Crippen LogP contribution in [0.5, 0.6) is 0 Å². The molecule has 0 aliphatic rings. The van der Waals surface area contributed by atoms with Crippen LogP contribution in [0.15, 0.2) is 97.3 Å². The molecular formula is C31H19F7N4O. The van der Waals surface area contributed by atoms with Gasteiger partial charge < -0.3 is 5.11 Å². The van der Waals surface area contributed by atoms with Gasteiger partial charge in [-0.15, -0.1) is 5.10 Å². The first-order chi connectivity index (χ1) is 20.3. The van der Waals surface area contributed by atoms with Crippen molar-refractivity contribution < 1.29 is 35.8 Å². The minimum atomic E-state index is -4.47. The van der Waals surface area contributed by atoms with Crippen LogP contribution in [0.3, 0.4) is 0 Å². The van der Waals surface area contributed by atoms with Crippen molar-refractivity contribution in [3.63, 3.8) is 0 Å². The molecule has 0 spiro atoms. The lowest BCUT2D eigenvalue weighted by molar-refractivity contribution is -0.205. The highest BCUT2D eigenvalue weighted by Gasteiger charge is 2.57. The molecule has 0 radical (unpaired) electrons. The third-order valence-electron chi connectivity index (χ3n) is 7.38. The summed E-state index contributed by atoms with van der Waals surface area (Å²) in [5, 5.41) is 24.1. The summed E-state index contributed by atoms with van der Waals surface area (Å²) >= 11 is 0. The molecule has 1 aromatic heterocycles.